The first-order valence-corrected chi connectivity index (χ1v) is 11.3. The molecule has 0 aliphatic heterocycles. The summed E-state index contributed by atoms with van der Waals surface area (Å²) in [7, 11) is 2.16. The van der Waals surface area contributed by atoms with E-state index >= 15 is 0 Å². The topological polar surface area (TPSA) is 3.88 Å². The molecule has 0 amide bonds. The summed E-state index contributed by atoms with van der Waals surface area (Å²) < 4.78 is 2.27. The van der Waals surface area contributed by atoms with E-state index in [0.29, 0.717) is 5.41 Å². The lowest BCUT2D eigenvalue weighted by Crippen LogP contribution is -2.31. The maximum absolute atomic E-state index is 2.47. The molecule has 1 heteroatoms. The van der Waals surface area contributed by atoms with Gasteiger partial charge in [0, 0.05) is 17.2 Å². The van der Waals surface area contributed by atoms with Gasteiger partial charge in [0.15, 0.2) is 6.20 Å². The molecule has 0 atom stereocenters. The van der Waals surface area contributed by atoms with Crippen molar-refractivity contribution in [1.29, 1.82) is 0 Å². The average Bonchev–Trinajstić information content (AvgIpc) is 2.75. The summed E-state index contributed by atoms with van der Waals surface area (Å²) in [5, 5.41) is 0. The Bertz CT molecular complexity index is 1040. The summed E-state index contributed by atoms with van der Waals surface area (Å²) in [4.78, 5) is 0. The fourth-order valence-corrected chi connectivity index (χ4v) is 5.75. The summed E-state index contributed by atoms with van der Waals surface area (Å²) in [5.74, 6) is 0. The molecule has 29 heavy (non-hydrogen) atoms. The molecule has 1 spiro atoms. The molecule has 1 nitrogen and oxygen atoms in total. The van der Waals surface area contributed by atoms with Gasteiger partial charge in [-0.3, -0.25) is 0 Å². The van der Waals surface area contributed by atoms with Crippen molar-refractivity contribution >= 4 is 0 Å². The molecule has 2 aromatic carbocycles. The normalized spacial score (nSPS) is 17.9. The van der Waals surface area contributed by atoms with Crippen LogP contribution in [-0.4, -0.2) is 0 Å². The number of aromatic nitrogens is 1. The maximum Gasteiger partial charge on any atom is 0.212 e. The lowest BCUT2D eigenvalue weighted by Gasteiger charge is -2.41. The summed E-state index contributed by atoms with van der Waals surface area (Å²) in [6.07, 6.45) is 13.5. The number of pyridine rings is 1. The van der Waals surface area contributed by atoms with Gasteiger partial charge in [0.2, 0.25) is 5.69 Å². The molecule has 2 aliphatic carbocycles. The Balaban J connectivity index is 1.44. The minimum Gasteiger partial charge on any atom is -0.200 e. The Morgan fingerprint density at radius 2 is 1.59 bits per heavy atom. The van der Waals surface area contributed by atoms with E-state index in [9.17, 15) is 0 Å². The third-order valence-electron chi connectivity index (χ3n) is 7.50. The van der Waals surface area contributed by atoms with E-state index in [1.165, 1.54) is 79.3 Å². The van der Waals surface area contributed by atoms with Crippen molar-refractivity contribution in [3.8, 4) is 22.4 Å². The molecule has 0 radical (unpaired) electrons. The van der Waals surface area contributed by atoms with Gasteiger partial charge in [-0.25, -0.2) is 4.57 Å². The van der Waals surface area contributed by atoms with Crippen LogP contribution in [-0.2, 0) is 19.9 Å². The molecule has 0 saturated heterocycles. The Kier molecular flexibility index (Phi) is 4.78. The zero-order valence-corrected chi connectivity index (χ0v) is 17.9. The van der Waals surface area contributed by atoms with E-state index in [1.54, 1.807) is 11.1 Å². The SMILES string of the molecule is Cc1ccccc1-c1ccc(-c2ccc3c(c2)CCC2(CCCCC2)C3)c[n+]1C. The summed E-state index contributed by atoms with van der Waals surface area (Å²) in [6.45, 7) is 2.19. The second-order valence-electron chi connectivity index (χ2n) is 9.45. The molecule has 1 saturated carbocycles. The lowest BCUT2D eigenvalue weighted by molar-refractivity contribution is -0.659. The van der Waals surface area contributed by atoms with Crippen LogP contribution in [0.4, 0.5) is 0 Å². The van der Waals surface area contributed by atoms with Crippen molar-refractivity contribution in [2.75, 3.05) is 0 Å². The molecule has 1 heterocycles. The summed E-state index contributed by atoms with van der Waals surface area (Å²) >= 11 is 0. The standard InChI is InChI=1S/C28H32N/c1-21-8-4-5-9-26(21)27-13-12-25(20-29(27)2)22-10-11-24-19-28(15-6-3-7-16-28)17-14-23(24)18-22/h4-5,8-13,18,20H,3,6-7,14-17,19H2,1-2H3/q+1. The van der Waals surface area contributed by atoms with Gasteiger partial charge >= 0.3 is 0 Å². The molecule has 5 rings (SSSR count). The van der Waals surface area contributed by atoms with Crippen LogP contribution >= 0.6 is 0 Å². The van der Waals surface area contributed by atoms with Gasteiger partial charge in [-0.2, -0.15) is 0 Å². The predicted molar refractivity (Wildman–Crippen MR) is 121 cm³/mol. The molecule has 2 aliphatic rings. The van der Waals surface area contributed by atoms with E-state index in [4.69, 9.17) is 0 Å². The van der Waals surface area contributed by atoms with Crippen molar-refractivity contribution < 1.29 is 4.57 Å². The van der Waals surface area contributed by atoms with Gasteiger partial charge in [0.25, 0.3) is 0 Å². The molecule has 0 unspecified atom stereocenters. The Morgan fingerprint density at radius 3 is 2.38 bits per heavy atom. The van der Waals surface area contributed by atoms with Gasteiger partial charge in [0.05, 0.1) is 0 Å². The van der Waals surface area contributed by atoms with Crippen molar-refractivity contribution in [2.24, 2.45) is 12.5 Å². The maximum atomic E-state index is 2.47. The highest BCUT2D eigenvalue weighted by atomic mass is 14.9. The number of hydrogen-bond donors (Lipinski definition) is 0. The number of benzene rings is 2. The second-order valence-corrected chi connectivity index (χ2v) is 9.45. The Labute approximate surface area is 175 Å². The summed E-state index contributed by atoms with van der Waals surface area (Å²) in [5.41, 5.74) is 10.4. The molecular weight excluding hydrogens is 350 g/mol. The van der Waals surface area contributed by atoms with E-state index < -0.39 is 0 Å². The minimum atomic E-state index is 0.619. The Morgan fingerprint density at radius 1 is 0.793 bits per heavy atom. The van der Waals surface area contributed by atoms with Crippen LogP contribution < -0.4 is 4.57 Å². The number of aryl methyl sites for hydroxylation is 3. The molecular formula is C28H32N+. The number of nitrogens with zero attached hydrogens (tertiary/aromatic N) is 1. The van der Waals surface area contributed by atoms with Gasteiger partial charge in [-0.15, -0.1) is 0 Å². The first kappa shape index (κ1) is 18.6. The van der Waals surface area contributed by atoms with Crippen LogP contribution in [0.5, 0.6) is 0 Å². The van der Waals surface area contributed by atoms with Gasteiger partial charge < -0.3 is 0 Å². The molecule has 148 valence electrons. The molecule has 1 fully saturated rings. The third kappa shape index (κ3) is 3.52. The number of rotatable bonds is 2. The highest BCUT2D eigenvalue weighted by Crippen LogP contribution is 2.46. The van der Waals surface area contributed by atoms with Crippen molar-refractivity contribution in [1.82, 2.24) is 0 Å². The van der Waals surface area contributed by atoms with E-state index in [0.717, 1.165) is 0 Å². The fraction of sp³-hybridized carbons (Fsp3) is 0.393. The first-order valence-electron chi connectivity index (χ1n) is 11.3. The minimum absolute atomic E-state index is 0.619. The van der Waals surface area contributed by atoms with Gasteiger partial charge in [-0.05, 0) is 78.8 Å². The first-order chi connectivity index (χ1) is 14.1. The van der Waals surface area contributed by atoms with E-state index in [-0.39, 0.29) is 0 Å². The van der Waals surface area contributed by atoms with Crippen LogP contribution in [0.15, 0.2) is 60.8 Å². The van der Waals surface area contributed by atoms with E-state index in [1.807, 2.05) is 0 Å². The molecule has 1 aromatic heterocycles. The van der Waals surface area contributed by atoms with Crippen LogP contribution in [0, 0.1) is 12.3 Å². The zero-order chi connectivity index (χ0) is 19.8. The van der Waals surface area contributed by atoms with E-state index in [2.05, 4.69) is 79.3 Å². The third-order valence-corrected chi connectivity index (χ3v) is 7.50. The highest BCUT2D eigenvalue weighted by Gasteiger charge is 2.35. The lowest BCUT2D eigenvalue weighted by atomic mass is 9.64. The fourth-order valence-electron chi connectivity index (χ4n) is 5.75. The highest BCUT2D eigenvalue weighted by molar-refractivity contribution is 5.67. The monoisotopic (exact) mass is 382 g/mol. The number of fused-ring (bicyclic) bond motifs is 1. The number of hydrogen-bond acceptors (Lipinski definition) is 0. The van der Waals surface area contributed by atoms with Crippen LogP contribution in [0.2, 0.25) is 0 Å². The second kappa shape index (κ2) is 7.44. The smallest absolute Gasteiger partial charge is 0.200 e. The average molecular weight is 383 g/mol. The van der Waals surface area contributed by atoms with Crippen molar-refractivity contribution in [3.05, 3.63) is 77.5 Å². The van der Waals surface area contributed by atoms with Gasteiger partial charge in [0.1, 0.15) is 7.05 Å². The Hall–Kier alpha value is -2.41. The molecule has 3 aromatic rings. The largest absolute Gasteiger partial charge is 0.212 e. The quantitative estimate of drug-likeness (QED) is 0.440. The van der Waals surface area contributed by atoms with Crippen LogP contribution in [0.3, 0.4) is 0 Å². The van der Waals surface area contributed by atoms with Gasteiger partial charge in [-0.1, -0.05) is 55.7 Å². The van der Waals surface area contributed by atoms with Crippen molar-refractivity contribution in [2.45, 2.75) is 58.3 Å². The zero-order valence-electron chi connectivity index (χ0n) is 17.9. The molecule has 0 bridgehead atoms. The van der Waals surface area contributed by atoms with Crippen LogP contribution in [0.25, 0.3) is 22.4 Å². The predicted octanol–water partition coefficient (Wildman–Crippen LogP) is 6.59. The van der Waals surface area contributed by atoms with Crippen molar-refractivity contribution in [3.63, 3.8) is 0 Å². The molecule has 0 N–H and O–H groups in total. The van der Waals surface area contributed by atoms with Crippen LogP contribution in [0.1, 0.15) is 55.2 Å². The summed E-state index contributed by atoms with van der Waals surface area (Å²) in [6, 6.07) is 20.4.